The maximum Gasteiger partial charge on any atom is 0.274 e. The number of nitrogens with one attached hydrogen (secondary N) is 2. The van der Waals surface area contributed by atoms with E-state index in [2.05, 4.69) is 36.8 Å². The molecule has 1 atom stereocenters. The lowest BCUT2D eigenvalue weighted by molar-refractivity contribution is 0.0786. The number of aromatic nitrogens is 3. The van der Waals surface area contributed by atoms with Crippen molar-refractivity contribution in [1.29, 1.82) is 0 Å². The molecule has 7 nitrogen and oxygen atoms in total. The van der Waals surface area contributed by atoms with Crippen molar-refractivity contribution in [3.8, 4) is 5.69 Å². The zero-order valence-electron chi connectivity index (χ0n) is 12.8. The second-order valence-electron chi connectivity index (χ2n) is 5.59. The molecule has 1 amide bonds. The first-order chi connectivity index (χ1) is 11.1. The van der Waals surface area contributed by atoms with E-state index in [-0.39, 0.29) is 17.1 Å². The van der Waals surface area contributed by atoms with Gasteiger partial charge in [0, 0.05) is 18.1 Å². The van der Waals surface area contributed by atoms with Crippen molar-refractivity contribution in [1.82, 2.24) is 25.6 Å². The van der Waals surface area contributed by atoms with Gasteiger partial charge in [0.25, 0.3) is 5.91 Å². The highest BCUT2D eigenvalue weighted by molar-refractivity contribution is 9.10. The molecule has 1 aromatic carbocycles. The van der Waals surface area contributed by atoms with Crippen LogP contribution in [-0.4, -0.2) is 53.2 Å². The van der Waals surface area contributed by atoms with Gasteiger partial charge in [-0.05, 0) is 37.2 Å². The fraction of sp³-hybridized carbons (Fsp3) is 0.400. The van der Waals surface area contributed by atoms with Crippen LogP contribution in [-0.2, 0) is 4.74 Å². The van der Waals surface area contributed by atoms with Gasteiger partial charge in [0.1, 0.15) is 0 Å². The summed E-state index contributed by atoms with van der Waals surface area (Å²) in [7, 11) is 1.63. The fourth-order valence-corrected chi connectivity index (χ4v) is 2.92. The molecule has 3 rings (SSSR count). The molecule has 2 aromatic rings. The Balaban J connectivity index is 1.74. The van der Waals surface area contributed by atoms with E-state index in [0.717, 1.165) is 23.1 Å². The number of nitrogens with zero attached hydrogens (tertiary/aromatic N) is 3. The van der Waals surface area contributed by atoms with Gasteiger partial charge in [-0.2, -0.15) is 9.90 Å². The molecule has 1 aliphatic rings. The first-order valence-electron chi connectivity index (χ1n) is 7.32. The second-order valence-corrected chi connectivity index (χ2v) is 6.51. The van der Waals surface area contributed by atoms with E-state index in [4.69, 9.17) is 4.74 Å². The molecule has 0 bridgehead atoms. The Morgan fingerprint density at radius 3 is 2.91 bits per heavy atom. The first kappa shape index (κ1) is 16.1. The number of methoxy groups -OCH3 is 1. The second kappa shape index (κ2) is 6.77. The number of benzene rings is 1. The lowest BCUT2D eigenvalue weighted by atomic mass is 9.99. The van der Waals surface area contributed by atoms with Crippen LogP contribution in [0.1, 0.15) is 16.9 Å². The van der Waals surface area contributed by atoms with E-state index in [0.29, 0.717) is 13.2 Å². The van der Waals surface area contributed by atoms with Crippen LogP contribution in [0.5, 0.6) is 0 Å². The molecule has 2 N–H and O–H groups in total. The molecule has 0 saturated carbocycles. The third-order valence-corrected chi connectivity index (χ3v) is 4.35. The average molecular weight is 380 g/mol. The van der Waals surface area contributed by atoms with Crippen molar-refractivity contribution < 1.29 is 9.53 Å². The Morgan fingerprint density at radius 2 is 2.26 bits per heavy atom. The molecular formula is C15H18BrN5O2. The van der Waals surface area contributed by atoms with Crippen LogP contribution in [0.4, 0.5) is 0 Å². The molecule has 0 radical (unpaired) electrons. The van der Waals surface area contributed by atoms with E-state index in [1.54, 1.807) is 7.11 Å². The molecule has 2 heterocycles. The minimum atomic E-state index is -0.382. The third kappa shape index (κ3) is 3.60. The zero-order valence-corrected chi connectivity index (χ0v) is 14.3. The van der Waals surface area contributed by atoms with Crippen molar-refractivity contribution in [2.45, 2.75) is 12.0 Å². The van der Waals surface area contributed by atoms with Gasteiger partial charge in [-0.3, -0.25) is 4.79 Å². The largest absolute Gasteiger partial charge is 0.382 e. The number of carbonyl (C=O) groups excluding carboxylic acids is 1. The molecule has 0 aliphatic carbocycles. The monoisotopic (exact) mass is 379 g/mol. The fourth-order valence-electron chi connectivity index (χ4n) is 2.66. The summed E-state index contributed by atoms with van der Waals surface area (Å²) in [6.07, 6.45) is 2.30. The lowest BCUT2D eigenvalue weighted by Gasteiger charge is -2.28. The van der Waals surface area contributed by atoms with E-state index in [1.807, 2.05) is 24.3 Å². The highest BCUT2D eigenvalue weighted by Gasteiger charge is 2.36. The van der Waals surface area contributed by atoms with Gasteiger partial charge in [0.2, 0.25) is 0 Å². The maximum absolute atomic E-state index is 12.5. The molecule has 1 unspecified atom stereocenters. The van der Waals surface area contributed by atoms with Gasteiger partial charge in [-0.1, -0.05) is 15.9 Å². The van der Waals surface area contributed by atoms with Crippen LogP contribution >= 0.6 is 15.9 Å². The molecule has 23 heavy (non-hydrogen) atoms. The summed E-state index contributed by atoms with van der Waals surface area (Å²) in [6.45, 7) is 2.01. The Morgan fingerprint density at radius 1 is 1.48 bits per heavy atom. The van der Waals surface area contributed by atoms with Gasteiger partial charge in [0.15, 0.2) is 5.69 Å². The maximum atomic E-state index is 12.5. The molecule has 122 valence electrons. The van der Waals surface area contributed by atoms with Gasteiger partial charge >= 0.3 is 0 Å². The van der Waals surface area contributed by atoms with Crippen molar-refractivity contribution in [3.05, 3.63) is 40.6 Å². The molecule has 1 aliphatic heterocycles. The Bertz CT molecular complexity index is 679. The van der Waals surface area contributed by atoms with Crippen molar-refractivity contribution >= 4 is 21.8 Å². The van der Waals surface area contributed by atoms with Crippen molar-refractivity contribution in [3.63, 3.8) is 0 Å². The Kier molecular flexibility index (Phi) is 4.74. The van der Waals surface area contributed by atoms with E-state index in [9.17, 15) is 4.79 Å². The van der Waals surface area contributed by atoms with E-state index in [1.165, 1.54) is 11.0 Å². The van der Waals surface area contributed by atoms with Gasteiger partial charge in [-0.15, -0.1) is 5.10 Å². The SMILES string of the molecule is COCC1(NC(=O)c2cnn(-c3ccc(Br)cc3)n2)CCNC1. The molecular weight excluding hydrogens is 362 g/mol. The molecule has 1 saturated heterocycles. The summed E-state index contributed by atoms with van der Waals surface area (Å²) >= 11 is 3.38. The van der Waals surface area contributed by atoms with Crippen LogP contribution in [0.3, 0.4) is 0 Å². The van der Waals surface area contributed by atoms with Crippen LogP contribution in [0.15, 0.2) is 34.9 Å². The van der Waals surface area contributed by atoms with Crippen LogP contribution in [0.2, 0.25) is 0 Å². The smallest absolute Gasteiger partial charge is 0.274 e. The minimum Gasteiger partial charge on any atom is -0.382 e. The number of rotatable bonds is 5. The summed E-state index contributed by atoms with van der Waals surface area (Å²) in [5, 5.41) is 14.7. The van der Waals surface area contributed by atoms with Gasteiger partial charge < -0.3 is 15.4 Å². The Labute approximate surface area is 142 Å². The summed E-state index contributed by atoms with van der Waals surface area (Å²) in [5.41, 5.74) is 0.699. The van der Waals surface area contributed by atoms with Crippen molar-refractivity contribution in [2.24, 2.45) is 0 Å². The van der Waals surface area contributed by atoms with Gasteiger partial charge in [-0.25, -0.2) is 0 Å². The highest BCUT2D eigenvalue weighted by atomic mass is 79.9. The number of amides is 1. The highest BCUT2D eigenvalue weighted by Crippen LogP contribution is 2.16. The van der Waals surface area contributed by atoms with Crippen LogP contribution in [0, 0.1) is 0 Å². The van der Waals surface area contributed by atoms with E-state index < -0.39 is 0 Å². The van der Waals surface area contributed by atoms with Crippen LogP contribution < -0.4 is 10.6 Å². The summed E-state index contributed by atoms with van der Waals surface area (Å²) < 4.78 is 6.22. The topological polar surface area (TPSA) is 81.1 Å². The predicted molar refractivity (Wildman–Crippen MR) is 88.6 cm³/mol. The summed E-state index contributed by atoms with van der Waals surface area (Å²) in [4.78, 5) is 13.9. The first-order valence-corrected chi connectivity index (χ1v) is 8.12. The molecule has 8 heteroatoms. The number of hydrogen-bond donors (Lipinski definition) is 2. The molecule has 1 fully saturated rings. The minimum absolute atomic E-state index is 0.242. The summed E-state index contributed by atoms with van der Waals surface area (Å²) in [6, 6.07) is 7.55. The molecule has 1 aromatic heterocycles. The number of halogens is 1. The zero-order chi connectivity index (χ0) is 16.3. The normalized spacial score (nSPS) is 20.6. The number of hydrogen-bond acceptors (Lipinski definition) is 5. The quantitative estimate of drug-likeness (QED) is 0.813. The number of ether oxygens (including phenoxy) is 1. The molecule has 0 spiro atoms. The standard InChI is InChI=1S/C15H18BrN5O2/c1-23-10-15(6-7-17-9-15)19-14(22)13-8-18-21(20-13)12-4-2-11(16)3-5-12/h2-5,8,17H,6-7,9-10H2,1H3,(H,19,22). The third-order valence-electron chi connectivity index (χ3n) is 3.83. The van der Waals surface area contributed by atoms with Crippen molar-refractivity contribution in [2.75, 3.05) is 26.8 Å². The predicted octanol–water partition coefficient (Wildman–Crippen LogP) is 1.14. The lowest BCUT2D eigenvalue weighted by Crippen LogP contribution is -2.53. The average Bonchev–Trinajstić information content (AvgIpc) is 3.18. The van der Waals surface area contributed by atoms with Gasteiger partial charge in [0.05, 0.1) is 24.0 Å². The Hall–Kier alpha value is -1.77. The number of carbonyl (C=O) groups is 1. The van der Waals surface area contributed by atoms with Crippen LogP contribution in [0.25, 0.3) is 5.69 Å². The van der Waals surface area contributed by atoms with E-state index >= 15 is 0 Å². The summed E-state index contributed by atoms with van der Waals surface area (Å²) in [5.74, 6) is -0.242.